The maximum atomic E-state index is 5.98. The van der Waals surface area contributed by atoms with Crippen molar-refractivity contribution in [3.05, 3.63) is 53.8 Å². The van der Waals surface area contributed by atoms with Gasteiger partial charge in [0.05, 0.1) is 14.2 Å². The molecule has 0 aliphatic heterocycles. The zero-order valence-electron chi connectivity index (χ0n) is 14.6. The van der Waals surface area contributed by atoms with Gasteiger partial charge >= 0.3 is 0 Å². The second-order valence-electron chi connectivity index (χ2n) is 5.64. The van der Waals surface area contributed by atoms with Crippen molar-refractivity contribution in [2.24, 2.45) is 0 Å². The highest BCUT2D eigenvalue weighted by Gasteiger charge is 2.17. The molecule has 7 nitrogen and oxygen atoms in total. The van der Waals surface area contributed by atoms with Crippen LogP contribution < -0.4 is 14.8 Å². The average Bonchev–Trinajstić information content (AvgIpc) is 3.13. The first kappa shape index (κ1) is 17.1. The fourth-order valence-corrected chi connectivity index (χ4v) is 2.86. The van der Waals surface area contributed by atoms with E-state index in [2.05, 4.69) is 20.4 Å². The average molecular weight is 383 g/mol. The van der Waals surface area contributed by atoms with E-state index in [1.165, 1.54) is 6.33 Å². The number of nitrogens with one attached hydrogen (secondary N) is 1. The van der Waals surface area contributed by atoms with Gasteiger partial charge in [-0.3, -0.25) is 0 Å². The van der Waals surface area contributed by atoms with Gasteiger partial charge in [-0.05, 0) is 24.3 Å². The molecule has 0 spiro atoms. The Morgan fingerprint density at radius 3 is 2.48 bits per heavy atom. The van der Waals surface area contributed by atoms with E-state index in [1.807, 2.05) is 30.3 Å². The van der Waals surface area contributed by atoms with Crippen LogP contribution in [0.4, 0.5) is 11.5 Å². The number of halogens is 1. The Morgan fingerprint density at radius 2 is 1.74 bits per heavy atom. The molecule has 0 fully saturated rings. The molecular formula is C19H15ClN4O3. The predicted octanol–water partition coefficient (Wildman–Crippen LogP) is 4.70. The van der Waals surface area contributed by atoms with Crippen molar-refractivity contribution in [3.63, 3.8) is 0 Å². The number of benzene rings is 2. The molecule has 0 amide bonds. The van der Waals surface area contributed by atoms with E-state index >= 15 is 0 Å². The van der Waals surface area contributed by atoms with E-state index in [1.54, 1.807) is 26.4 Å². The van der Waals surface area contributed by atoms with Gasteiger partial charge in [-0.15, -0.1) is 0 Å². The van der Waals surface area contributed by atoms with E-state index in [-0.39, 0.29) is 0 Å². The zero-order chi connectivity index (χ0) is 18.8. The minimum atomic E-state index is 0.387. The lowest BCUT2D eigenvalue weighted by Gasteiger charge is -2.11. The number of ether oxygens (including phenoxy) is 2. The van der Waals surface area contributed by atoms with Crippen LogP contribution in [0.5, 0.6) is 11.5 Å². The number of methoxy groups -OCH3 is 2. The number of nitrogens with zero attached hydrogens (tertiary/aromatic N) is 3. The monoisotopic (exact) mass is 382 g/mol. The summed E-state index contributed by atoms with van der Waals surface area (Å²) < 4.78 is 16.0. The minimum absolute atomic E-state index is 0.387. The number of fused-ring (bicyclic) bond motifs is 1. The van der Waals surface area contributed by atoms with Crippen LogP contribution in [0.2, 0.25) is 5.02 Å². The molecule has 1 N–H and O–H groups in total. The van der Waals surface area contributed by atoms with Crippen LogP contribution in [0.3, 0.4) is 0 Å². The summed E-state index contributed by atoms with van der Waals surface area (Å²) in [5, 5.41) is 8.74. The molecule has 0 aliphatic rings. The highest BCUT2D eigenvalue weighted by molar-refractivity contribution is 6.30. The third-order valence-corrected chi connectivity index (χ3v) is 4.29. The molecule has 27 heavy (non-hydrogen) atoms. The number of aromatic nitrogens is 3. The van der Waals surface area contributed by atoms with Crippen molar-refractivity contribution in [1.29, 1.82) is 0 Å². The first-order valence-corrected chi connectivity index (χ1v) is 8.43. The first-order valence-electron chi connectivity index (χ1n) is 8.05. The van der Waals surface area contributed by atoms with Gasteiger partial charge in [0.15, 0.2) is 11.5 Å². The molecule has 4 rings (SSSR count). The van der Waals surface area contributed by atoms with Gasteiger partial charge < -0.3 is 19.3 Å². The minimum Gasteiger partial charge on any atom is -0.493 e. The molecule has 2 heterocycles. The Bertz CT molecular complexity index is 1100. The topological polar surface area (TPSA) is 82.3 Å². The highest BCUT2D eigenvalue weighted by Crippen LogP contribution is 2.35. The smallest absolute Gasteiger partial charge is 0.263 e. The summed E-state index contributed by atoms with van der Waals surface area (Å²) in [5.41, 5.74) is 2.64. The van der Waals surface area contributed by atoms with Gasteiger partial charge in [0.25, 0.3) is 5.71 Å². The number of hydrogen-bond acceptors (Lipinski definition) is 7. The zero-order valence-corrected chi connectivity index (χ0v) is 15.3. The van der Waals surface area contributed by atoms with E-state index in [4.69, 9.17) is 25.6 Å². The van der Waals surface area contributed by atoms with Gasteiger partial charge in [0.1, 0.15) is 23.2 Å². The summed E-state index contributed by atoms with van der Waals surface area (Å²) in [6.45, 7) is 0. The van der Waals surface area contributed by atoms with E-state index in [0.29, 0.717) is 39.1 Å². The Morgan fingerprint density at radius 1 is 0.963 bits per heavy atom. The quantitative estimate of drug-likeness (QED) is 0.535. The van der Waals surface area contributed by atoms with E-state index in [9.17, 15) is 0 Å². The van der Waals surface area contributed by atoms with Crippen LogP contribution in [0.1, 0.15) is 0 Å². The van der Waals surface area contributed by atoms with Gasteiger partial charge in [0.2, 0.25) is 0 Å². The van der Waals surface area contributed by atoms with Crippen molar-refractivity contribution in [2.75, 3.05) is 19.5 Å². The Labute approximate surface area is 159 Å². The van der Waals surface area contributed by atoms with Crippen LogP contribution in [-0.2, 0) is 0 Å². The summed E-state index contributed by atoms with van der Waals surface area (Å²) in [6.07, 6.45) is 1.42. The molecule has 0 aliphatic carbocycles. The number of hydrogen-bond donors (Lipinski definition) is 1. The third kappa shape index (κ3) is 3.24. The molecule has 8 heteroatoms. The summed E-state index contributed by atoms with van der Waals surface area (Å²) >= 11 is 5.98. The third-order valence-electron chi connectivity index (χ3n) is 4.04. The maximum absolute atomic E-state index is 5.98. The Hall–Kier alpha value is -3.32. The summed E-state index contributed by atoms with van der Waals surface area (Å²) in [6, 6.07) is 12.8. The fraction of sp³-hybridized carbons (Fsp3) is 0.105. The Kier molecular flexibility index (Phi) is 4.52. The molecule has 4 aromatic rings. The Balaban J connectivity index is 1.78. The van der Waals surface area contributed by atoms with Crippen LogP contribution in [-0.4, -0.2) is 29.3 Å². The van der Waals surface area contributed by atoms with E-state index in [0.717, 1.165) is 11.3 Å². The van der Waals surface area contributed by atoms with Gasteiger partial charge in [-0.25, -0.2) is 4.98 Å². The van der Waals surface area contributed by atoms with Gasteiger partial charge in [0, 0.05) is 22.3 Å². The van der Waals surface area contributed by atoms with Gasteiger partial charge in [-0.1, -0.05) is 28.9 Å². The second-order valence-corrected chi connectivity index (χ2v) is 6.07. The molecule has 2 aromatic carbocycles. The van der Waals surface area contributed by atoms with Crippen molar-refractivity contribution in [3.8, 4) is 22.8 Å². The molecule has 0 bridgehead atoms. The van der Waals surface area contributed by atoms with Crippen LogP contribution in [0.25, 0.3) is 22.4 Å². The second kappa shape index (κ2) is 7.13. The molecular weight excluding hydrogens is 368 g/mol. The maximum Gasteiger partial charge on any atom is 0.263 e. The first-order chi connectivity index (χ1) is 13.2. The highest BCUT2D eigenvalue weighted by atomic mass is 35.5. The SMILES string of the molecule is COc1ccc(Nc2ncnc3onc(-c4ccc(Cl)cc4)c23)cc1OC. The van der Waals surface area contributed by atoms with Crippen LogP contribution in [0.15, 0.2) is 53.3 Å². The summed E-state index contributed by atoms with van der Waals surface area (Å²) in [4.78, 5) is 8.51. The molecule has 0 unspecified atom stereocenters. The molecule has 136 valence electrons. The standard InChI is InChI=1S/C19H15ClN4O3/c1-25-14-8-7-13(9-15(14)26-2)23-18-16-17(11-3-5-12(20)6-4-11)24-27-19(16)22-10-21-18/h3-10H,1-2H3,(H,21,22,23). The molecule has 0 radical (unpaired) electrons. The van der Waals surface area contributed by atoms with Crippen molar-refractivity contribution < 1.29 is 14.0 Å². The normalized spacial score (nSPS) is 10.8. The lowest BCUT2D eigenvalue weighted by atomic mass is 10.1. The molecule has 0 saturated carbocycles. The number of anilines is 2. The fourth-order valence-electron chi connectivity index (χ4n) is 2.74. The van der Waals surface area contributed by atoms with Crippen molar-refractivity contribution in [2.45, 2.75) is 0 Å². The van der Waals surface area contributed by atoms with Gasteiger partial charge in [-0.2, -0.15) is 4.98 Å². The van der Waals surface area contributed by atoms with E-state index < -0.39 is 0 Å². The number of rotatable bonds is 5. The summed E-state index contributed by atoms with van der Waals surface area (Å²) in [5.74, 6) is 1.82. The van der Waals surface area contributed by atoms with Crippen LogP contribution in [0, 0.1) is 0 Å². The molecule has 0 saturated heterocycles. The lowest BCUT2D eigenvalue weighted by Crippen LogP contribution is -1.97. The largest absolute Gasteiger partial charge is 0.493 e. The lowest BCUT2D eigenvalue weighted by molar-refractivity contribution is 0.355. The summed E-state index contributed by atoms with van der Waals surface area (Å²) in [7, 11) is 3.18. The molecule has 0 atom stereocenters. The molecule has 2 aromatic heterocycles. The van der Waals surface area contributed by atoms with Crippen molar-refractivity contribution in [1.82, 2.24) is 15.1 Å². The van der Waals surface area contributed by atoms with Crippen molar-refractivity contribution >= 4 is 34.2 Å². The van der Waals surface area contributed by atoms with Crippen LogP contribution >= 0.6 is 11.6 Å². The predicted molar refractivity (Wildman–Crippen MR) is 103 cm³/mol.